The maximum Gasteiger partial charge on any atom is 0.199 e. The van der Waals surface area contributed by atoms with Crippen molar-refractivity contribution in [1.82, 2.24) is 0 Å². The minimum atomic E-state index is -0.352. The van der Waals surface area contributed by atoms with E-state index in [4.69, 9.17) is 5.41 Å². The fraction of sp³-hybridized carbons (Fsp3) is 0.286. The van der Waals surface area contributed by atoms with E-state index in [2.05, 4.69) is 0 Å². The maximum absolute atomic E-state index is 10.5. The van der Waals surface area contributed by atoms with E-state index in [1.165, 1.54) is 6.08 Å². The Bertz CT molecular complexity index is 216. The van der Waals surface area contributed by atoms with E-state index in [1.807, 2.05) is 0 Å². The Kier molecular flexibility index (Phi) is 2.67. The van der Waals surface area contributed by atoms with Crippen LogP contribution in [0, 0.1) is 5.41 Å². The van der Waals surface area contributed by atoms with Gasteiger partial charge in [-0.15, -0.1) is 0 Å². The zero-order chi connectivity index (χ0) is 6.85. The van der Waals surface area contributed by atoms with Gasteiger partial charge in [-0.05, 0) is 12.2 Å². The number of nitrogens with one attached hydrogen (secondary N) is 1. The first-order chi connectivity index (χ1) is 4.20. The summed E-state index contributed by atoms with van der Waals surface area (Å²) in [6.45, 7) is 0. The van der Waals surface area contributed by atoms with Crippen LogP contribution in [0.1, 0.15) is 13.8 Å². The number of carbonyl (C=O) groups excluding carboxylic acids is 2. The molecule has 0 fully saturated rings. The molecule has 0 aromatic heterocycles. The van der Waals surface area contributed by atoms with Gasteiger partial charge in [0.15, 0.2) is 11.6 Å². The molecule has 0 aliphatic heterocycles. The molecule has 1 aliphatic rings. The van der Waals surface area contributed by atoms with Gasteiger partial charge >= 0.3 is 0 Å². The Hall–Kier alpha value is -1.25. The number of rotatable bonds is 0. The van der Waals surface area contributed by atoms with Gasteiger partial charge in [-0.3, -0.25) is 9.59 Å². The molecule has 0 aromatic carbocycles. The lowest BCUT2D eigenvalue weighted by atomic mass is 10.0. The lowest BCUT2D eigenvalue weighted by Gasteiger charge is -1.99. The van der Waals surface area contributed by atoms with Crippen LogP contribution in [0.15, 0.2) is 12.2 Å². The van der Waals surface area contributed by atoms with Gasteiger partial charge in [-0.25, -0.2) is 0 Å². The minimum absolute atomic E-state index is 0. The van der Waals surface area contributed by atoms with Crippen LogP contribution in [0.2, 0.25) is 0 Å². The summed E-state index contributed by atoms with van der Waals surface area (Å²) in [5.74, 6) is -0.519. The highest BCUT2D eigenvalue weighted by atomic mass is 16.1. The summed E-state index contributed by atoms with van der Waals surface area (Å²) in [4.78, 5) is 20.9. The quantitative estimate of drug-likeness (QED) is 0.538. The van der Waals surface area contributed by atoms with Crippen LogP contribution in [0.25, 0.3) is 0 Å². The summed E-state index contributed by atoms with van der Waals surface area (Å²) in [5, 5.41) is 6.90. The Morgan fingerprint density at radius 3 is 2.30 bits per heavy atom. The molecule has 1 N–H and O–H groups in total. The second kappa shape index (κ2) is 3.06. The largest absolute Gasteiger partial charge is 0.301 e. The zero-order valence-electron chi connectivity index (χ0n) is 4.68. The van der Waals surface area contributed by atoms with E-state index in [1.54, 1.807) is 0 Å². The molecule has 3 nitrogen and oxygen atoms in total. The molecule has 3 heteroatoms. The molecule has 0 spiro atoms. The molecule has 10 heavy (non-hydrogen) atoms. The van der Waals surface area contributed by atoms with Crippen molar-refractivity contribution >= 4 is 17.3 Å². The number of allylic oxidation sites excluding steroid dienone is 2. The zero-order valence-corrected chi connectivity index (χ0v) is 4.68. The fourth-order valence-corrected chi connectivity index (χ4v) is 0.589. The van der Waals surface area contributed by atoms with Crippen LogP contribution in [0.5, 0.6) is 0 Å². The average Bonchev–Trinajstić information content (AvgIpc) is 1.80. The molecule has 0 atom stereocenters. The highest BCUT2D eigenvalue weighted by molar-refractivity contribution is 6.48. The van der Waals surface area contributed by atoms with E-state index in [0.717, 1.165) is 6.08 Å². The van der Waals surface area contributed by atoms with E-state index in [9.17, 15) is 9.59 Å². The van der Waals surface area contributed by atoms with Crippen LogP contribution >= 0.6 is 0 Å². The molecule has 54 valence electrons. The summed E-state index contributed by atoms with van der Waals surface area (Å²) >= 11 is 0. The average molecular weight is 139 g/mol. The predicted molar refractivity (Wildman–Crippen MR) is 38.2 cm³/mol. The lowest BCUT2D eigenvalue weighted by molar-refractivity contribution is -0.116. The number of carbonyl (C=O) groups is 2. The van der Waals surface area contributed by atoms with Gasteiger partial charge < -0.3 is 5.41 Å². The molecule has 0 aromatic rings. The van der Waals surface area contributed by atoms with Gasteiger partial charge in [-0.2, -0.15) is 0 Å². The van der Waals surface area contributed by atoms with Crippen LogP contribution < -0.4 is 0 Å². The molecule has 1 aliphatic carbocycles. The van der Waals surface area contributed by atoms with Gasteiger partial charge in [0, 0.05) is 0 Å². The molecule has 0 saturated heterocycles. The topological polar surface area (TPSA) is 58.0 Å². The second-order valence-electron chi connectivity index (χ2n) is 1.82. The molecule has 0 amide bonds. The monoisotopic (exact) mass is 139 g/mol. The van der Waals surface area contributed by atoms with Crippen LogP contribution in [0.4, 0.5) is 0 Å². The van der Waals surface area contributed by atoms with E-state index in [0.29, 0.717) is 0 Å². The summed E-state index contributed by atoms with van der Waals surface area (Å²) in [5.41, 5.74) is -0.109. The van der Waals surface area contributed by atoms with Crippen LogP contribution in [-0.2, 0) is 9.59 Å². The summed E-state index contributed by atoms with van der Waals surface area (Å²) in [6.07, 6.45) is 2.31. The van der Waals surface area contributed by atoms with Gasteiger partial charge in [0.2, 0.25) is 0 Å². The molecule has 0 heterocycles. The molecular formula is C7H9NO2. The van der Waals surface area contributed by atoms with Crippen LogP contribution in [0.3, 0.4) is 0 Å². The Labute approximate surface area is 59.2 Å². The second-order valence-corrected chi connectivity index (χ2v) is 1.82. The lowest BCUT2D eigenvalue weighted by Crippen LogP contribution is -2.18. The number of hydrogen-bond acceptors (Lipinski definition) is 3. The van der Waals surface area contributed by atoms with Gasteiger partial charge in [0.05, 0.1) is 12.1 Å². The summed E-state index contributed by atoms with van der Waals surface area (Å²) < 4.78 is 0. The Morgan fingerprint density at radius 1 is 1.30 bits per heavy atom. The Morgan fingerprint density at radius 2 is 1.90 bits per heavy atom. The summed E-state index contributed by atoms with van der Waals surface area (Å²) in [7, 11) is 0. The number of ketones is 2. The molecule has 0 bridgehead atoms. The first-order valence-corrected chi connectivity index (χ1v) is 2.53. The molecular weight excluding hydrogens is 130 g/mol. The SMILES string of the molecule is C.N=C1CC(=O)C=CC1=O. The maximum atomic E-state index is 10.5. The first kappa shape index (κ1) is 8.75. The third-order valence-corrected chi connectivity index (χ3v) is 1.07. The smallest absolute Gasteiger partial charge is 0.199 e. The normalized spacial score (nSPS) is 17.0. The minimum Gasteiger partial charge on any atom is -0.301 e. The third-order valence-electron chi connectivity index (χ3n) is 1.07. The highest BCUT2D eigenvalue weighted by Gasteiger charge is 2.14. The van der Waals surface area contributed by atoms with Crippen molar-refractivity contribution in [2.24, 2.45) is 0 Å². The Balaban J connectivity index is 0.000000810. The summed E-state index contributed by atoms with van der Waals surface area (Å²) in [6, 6.07) is 0. The van der Waals surface area contributed by atoms with Crippen LogP contribution in [-0.4, -0.2) is 17.3 Å². The number of hydrogen-bond donors (Lipinski definition) is 1. The van der Waals surface area contributed by atoms with Crippen molar-refractivity contribution in [3.8, 4) is 0 Å². The van der Waals surface area contributed by atoms with E-state index in [-0.39, 0.29) is 31.1 Å². The van der Waals surface area contributed by atoms with Crippen molar-refractivity contribution in [3.05, 3.63) is 12.2 Å². The van der Waals surface area contributed by atoms with Crippen molar-refractivity contribution in [2.75, 3.05) is 0 Å². The van der Waals surface area contributed by atoms with Crippen molar-refractivity contribution < 1.29 is 9.59 Å². The predicted octanol–water partition coefficient (Wildman–Crippen LogP) is 0.740. The first-order valence-electron chi connectivity index (χ1n) is 2.53. The standard InChI is InChI=1S/C6H5NO2.CH4/c7-5-3-4(8)1-2-6(5)9;/h1-2,7H,3H2;1H4. The van der Waals surface area contributed by atoms with Gasteiger partial charge in [0.25, 0.3) is 0 Å². The van der Waals surface area contributed by atoms with Crippen molar-refractivity contribution in [3.63, 3.8) is 0 Å². The van der Waals surface area contributed by atoms with E-state index >= 15 is 0 Å². The fourth-order valence-electron chi connectivity index (χ4n) is 0.589. The van der Waals surface area contributed by atoms with Crippen molar-refractivity contribution in [1.29, 1.82) is 5.41 Å². The molecule has 1 rings (SSSR count). The van der Waals surface area contributed by atoms with E-state index < -0.39 is 0 Å². The molecule has 0 saturated carbocycles. The third kappa shape index (κ3) is 1.62. The molecule has 0 radical (unpaired) electrons. The van der Waals surface area contributed by atoms with Gasteiger partial charge in [0.1, 0.15) is 0 Å². The van der Waals surface area contributed by atoms with Gasteiger partial charge in [-0.1, -0.05) is 7.43 Å². The molecule has 0 unspecified atom stereocenters. The van der Waals surface area contributed by atoms with Crippen molar-refractivity contribution in [2.45, 2.75) is 13.8 Å². The highest BCUT2D eigenvalue weighted by Crippen LogP contribution is 1.97.